The minimum atomic E-state index is -0.707. The molecular weight excluding hydrogens is 577 g/mol. The third-order valence-electron chi connectivity index (χ3n) is 10.4. The van der Waals surface area contributed by atoms with E-state index < -0.39 is 42.9 Å². The molecule has 2 saturated heterocycles. The van der Waals surface area contributed by atoms with Crippen LogP contribution in [0.25, 0.3) is 22.2 Å². The maximum atomic E-state index is 16.3. The van der Waals surface area contributed by atoms with Gasteiger partial charge in [0.1, 0.15) is 11.6 Å². The van der Waals surface area contributed by atoms with Crippen LogP contribution in [0.1, 0.15) is 90.3 Å². The van der Waals surface area contributed by atoms with Crippen molar-refractivity contribution in [1.29, 1.82) is 0 Å². The molecule has 0 spiro atoms. The number of halogens is 1. The maximum absolute atomic E-state index is 16.3. The molecule has 5 heterocycles. The third-order valence-corrected chi connectivity index (χ3v) is 11.6. The Morgan fingerprint density at radius 3 is 2.05 bits per heavy atom. The van der Waals surface area contributed by atoms with E-state index in [1.807, 2.05) is 79.8 Å². The molecule has 0 radical (unpaired) electrons. The second-order valence-corrected chi connectivity index (χ2v) is 15.7. The van der Waals surface area contributed by atoms with E-state index in [0.29, 0.717) is 22.7 Å². The molecule has 8 rings (SSSR count). The Bertz CT molecular complexity index is 1800. The molecule has 4 aliphatic rings. The van der Waals surface area contributed by atoms with Crippen molar-refractivity contribution in [2.45, 2.75) is 103 Å². The van der Waals surface area contributed by atoms with E-state index in [1.54, 1.807) is 11.3 Å². The van der Waals surface area contributed by atoms with Crippen LogP contribution in [0, 0.1) is 5.82 Å². The van der Waals surface area contributed by atoms with Gasteiger partial charge in [0, 0.05) is 17.5 Å². The van der Waals surface area contributed by atoms with Crippen LogP contribution >= 0.6 is 11.3 Å². The number of hydrogen-bond acceptors (Lipinski definition) is 7. The average Bonchev–Trinajstić information content (AvgIpc) is 3.36. The number of fused-ring (bicyclic) bond motifs is 5. The molecule has 3 fully saturated rings. The van der Waals surface area contributed by atoms with Gasteiger partial charge in [-0.15, -0.1) is 11.3 Å². The van der Waals surface area contributed by atoms with Gasteiger partial charge >= 0.3 is 14.2 Å². The lowest BCUT2D eigenvalue weighted by atomic mass is 9.78. The molecule has 0 N–H and O–H groups in total. The van der Waals surface area contributed by atoms with Crippen molar-refractivity contribution >= 4 is 47.4 Å². The summed E-state index contributed by atoms with van der Waals surface area (Å²) in [6.45, 7) is 16.2. The van der Waals surface area contributed by atoms with Gasteiger partial charge in [0.05, 0.1) is 49.1 Å². The van der Waals surface area contributed by atoms with Crippen molar-refractivity contribution < 1.29 is 27.7 Å². The van der Waals surface area contributed by atoms with E-state index in [4.69, 9.17) is 28.3 Å². The van der Waals surface area contributed by atoms with Gasteiger partial charge in [-0.05, 0) is 103 Å². The van der Waals surface area contributed by atoms with E-state index in [2.05, 4.69) is 16.7 Å². The summed E-state index contributed by atoms with van der Waals surface area (Å²) < 4.78 is 50.3. The van der Waals surface area contributed by atoms with Crippen LogP contribution in [-0.4, -0.2) is 46.2 Å². The zero-order chi connectivity index (χ0) is 31.0. The lowest BCUT2D eigenvalue weighted by Crippen LogP contribution is -2.41. The summed E-state index contributed by atoms with van der Waals surface area (Å²) in [6.07, 6.45) is 3.75. The first kappa shape index (κ1) is 28.8. The lowest BCUT2D eigenvalue weighted by Gasteiger charge is -2.32. The molecule has 1 unspecified atom stereocenters. The van der Waals surface area contributed by atoms with E-state index >= 15 is 4.39 Å². The first-order valence-electron chi connectivity index (χ1n) is 15.5. The van der Waals surface area contributed by atoms with Crippen molar-refractivity contribution in [3.05, 3.63) is 58.3 Å². The quantitative estimate of drug-likeness (QED) is 0.251. The van der Waals surface area contributed by atoms with E-state index in [-0.39, 0.29) is 5.82 Å². The molecule has 1 saturated carbocycles. The molecule has 0 bridgehead atoms. The van der Waals surface area contributed by atoms with Crippen LogP contribution in [0.5, 0.6) is 5.75 Å². The van der Waals surface area contributed by atoms with Crippen molar-refractivity contribution in [3.63, 3.8) is 0 Å². The second-order valence-electron chi connectivity index (χ2n) is 14.6. The molecular formula is C33H37B2FN2O5S. The molecule has 1 atom stereocenters. The summed E-state index contributed by atoms with van der Waals surface area (Å²) >= 11 is 1.68. The van der Waals surface area contributed by atoms with Crippen LogP contribution in [0.4, 0.5) is 4.39 Å². The average molecular weight is 614 g/mol. The fourth-order valence-corrected chi connectivity index (χ4v) is 7.28. The van der Waals surface area contributed by atoms with Crippen LogP contribution in [0.15, 0.2) is 42.6 Å². The molecule has 11 heteroatoms. The Labute approximate surface area is 262 Å². The van der Waals surface area contributed by atoms with Gasteiger partial charge in [-0.1, -0.05) is 12.1 Å². The molecule has 3 aliphatic heterocycles. The van der Waals surface area contributed by atoms with E-state index in [1.165, 1.54) is 18.9 Å². The Morgan fingerprint density at radius 1 is 0.818 bits per heavy atom. The molecule has 0 amide bonds. The number of benzene rings is 2. The number of rotatable bonds is 4. The van der Waals surface area contributed by atoms with Crippen LogP contribution in [0.2, 0.25) is 0 Å². The normalized spacial score (nSPS) is 24.4. The number of hydrogen-bond donors (Lipinski definition) is 0. The molecule has 44 heavy (non-hydrogen) atoms. The smallest absolute Gasteiger partial charge is 0.464 e. The summed E-state index contributed by atoms with van der Waals surface area (Å²) in [7, 11) is -1.20. The summed E-state index contributed by atoms with van der Waals surface area (Å²) in [6, 6.07) is 11.6. The largest absolute Gasteiger partial charge is 0.495 e. The minimum absolute atomic E-state index is 0.385. The van der Waals surface area contributed by atoms with Gasteiger partial charge < -0.3 is 23.4 Å². The lowest BCUT2D eigenvalue weighted by molar-refractivity contribution is 0.00578. The summed E-state index contributed by atoms with van der Waals surface area (Å²) in [4.78, 5) is 5.73. The fourth-order valence-electron chi connectivity index (χ4n) is 6.18. The summed E-state index contributed by atoms with van der Waals surface area (Å²) in [5.74, 6) is 0.604. The number of thiazole rings is 1. The number of nitrogens with zero attached hydrogens (tertiary/aromatic N) is 2. The van der Waals surface area contributed by atoms with Gasteiger partial charge in [0.2, 0.25) is 6.23 Å². The van der Waals surface area contributed by atoms with Gasteiger partial charge in [0.15, 0.2) is 0 Å². The maximum Gasteiger partial charge on any atom is 0.495 e. The zero-order valence-corrected chi connectivity index (χ0v) is 27.3. The van der Waals surface area contributed by atoms with E-state index in [0.717, 1.165) is 31.9 Å². The van der Waals surface area contributed by atoms with Crippen molar-refractivity contribution in [2.75, 3.05) is 0 Å². The van der Waals surface area contributed by atoms with Crippen LogP contribution in [0.3, 0.4) is 0 Å². The van der Waals surface area contributed by atoms with Gasteiger partial charge in [0.25, 0.3) is 0 Å². The molecule has 1 aliphatic carbocycles. The highest BCUT2D eigenvalue weighted by atomic mass is 32.1. The fraction of sp³-hybridized carbons (Fsp3) is 0.485. The predicted molar refractivity (Wildman–Crippen MR) is 172 cm³/mol. The Hall–Kier alpha value is -2.69. The van der Waals surface area contributed by atoms with Crippen molar-refractivity contribution in [2.24, 2.45) is 0 Å². The molecule has 2 aromatic carbocycles. The van der Waals surface area contributed by atoms with Gasteiger partial charge in [-0.3, -0.25) is 4.57 Å². The molecule has 228 valence electrons. The van der Waals surface area contributed by atoms with Crippen molar-refractivity contribution in [1.82, 2.24) is 9.55 Å². The first-order chi connectivity index (χ1) is 20.6. The third kappa shape index (κ3) is 4.26. The Morgan fingerprint density at radius 2 is 1.43 bits per heavy atom. The summed E-state index contributed by atoms with van der Waals surface area (Å²) in [5.41, 5.74) is 1.62. The Kier molecular flexibility index (Phi) is 6.01. The van der Waals surface area contributed by atoms with Gasteiger partial charge in [-0.2, -0.15) is 0 Å². The van der Waals surface area contributed by atoms with Crippen LogP contribution < -0.4 is 15.7 Å². The Balaban J connectivity index is 1.25. The highest BCUT2D eigenvalue weighted by molar-refractivity contribution is 7.11. The highest BCUT2D eigenvalue weighted by Gasteiger charge is 2.53. The van der Waals surface area contributed by atoms with Crippen LogP contribution in [-0.2, 0) is 18.6 Å². The predicted octanol–water partition coefficient (Wildman–Crippen LogP) is 6.32. The SMILES string of the molecule is CC1(C)OB(c2cc(F)c3c(c2)OC(c2cnc(C4CC4)s2)n2c-3cc3cc(B4OC(C)(C)C(C)(C)O4)ccc32)OC1(C)C. The first-order valence-corrected chi connectivity index (χ1v) is 16.3. The number of aromatic nitrogens is 2. The minimum Gasteiger partial charge on any atom is -0.464 e. The summed E-state index contributed by atoms with van der Waals surface area (Å²) in [5, 5.41) is 2.09. The zero-order valence-electron chi connectivity index (χ0n) is 26.5. The van der Waals surface area contributed by atoms with Crippen molar-refractivity contribution in [3.8, 4) is 17.0 Å². The monoisotopic (exact) mass is 614 g/mol. The highest BCUT2D eigenvalue weighted by Crippen LogP contribution is 2.48. The van der Waals surface area contributed by atoms with Gasteiger partial charge in [-0.25, -0.2) is 9.37 Å². The number of ether oxygens (including phenoxy) is 1. The van der Waals surface area contributed by atoms with E-state index in [9.17, 15) is 0 Å². The molecule has 4 aromatic rings. The standard InChI is InChI=1S/C33H37B2FN2O5S/c1-30(2)31(3,4)41-34(40-30)20-11-12-23-19(13-20)14-24-27-22(36)15-21(35-42-32(5,6)33(7,8)43-35)16-25(27)39-29(38(23)24)26-17-37-28(44-26)18-9-10-18/h11-18,29H,9-10H2,1-8H3. The topological polar surface area (TPSA) is 64.0 Å². The molecule has 2 aromatic heterocycles. The second kappa shape index (κ2) is 9.19. The molecule has 7 nitrogen and oxygen atoms in total.